The van der Waals surface area contributed by atoms with E-state index in [4.69, 9.17) is 14.2 Å². The molecule has 1 fully saturated rings. The highest BCUT2D eigenvalue weighted by molar-refractivity contribution is 5.83. The lowest BCUT2D eigenvalue weighted by Crippen LogP contribution is -2.27. The molecule has 0 spiro atoms. The van der Waals surface area contributed by atoms with Crippen molar-refractivity contribution in [2.24, 2.45) is 5.92 Å². The van der Waals surface area contributed by atoms with E-state index in [1.807, 2.05) is 24.4 Å². The highest BCUT2D eigenvalue weighted by Crippen LogP contribution is 2.29. The molecule has 2 aliphatic rings. The third-order valence-corrected chi connectivity index (χ3v) is 6.33. The summed E-state index contributed by atoms with van der Waals surface area (Å²) < 4.78 is 16.6. The van der Waals surface area contributed by atoms with Crippen molar-refractivity contribution in [2.75, 3.05) is 46.5 Å². The van der Waals surface area contributed by atoms with Crippen LogP contribution in [0.4, 0.5) is 0 Å². The van der Waals surface area contributed by atoms with E-state index in [-0.39, 0.29) is 0 Å². The van der Waals surface area contributed by atoms with Crippen LogP contribution in [0, 0.1) is 5.92 Å². The Bertz CT molecular complexity index is 1070. The summed E-state index contributed by atoms with van der Waals surface area (Å²) in [6.45, 7) is 6.30. The Morgan fingerprint density at radius 2 is 2.03 bits per heavy atom. The number of hydrogen-bond acceptors (Lipinski definition) is 7. The van der Waals surface area contributed by atoms with Crippen molar-refractivity contribution in [3.05, 3.63) is 54.0 Å². The maximum absolute atomic E-state index is 5.65. The van der Waals surface area contributed by atoms with E-state index in [0.29, 0.717) is 19.1 Å². The molecule has 0 aliphatic carbocycles. The highest BCUT2D eigenvalue weighted by atomic mass is 16.6. The summed E-state index contributed by atoms with van der Waals surface area (Å²) in [5, 5.41) is 4.76. The fourth-order valence-corrected chi connectivity index (χ4v) is 4.58. The topological polar surface area (TPSA) is 68.7 Å². The van der Waals surface area contributed by atoms with Crippen molar-refractivity contribution in [1.82, 2.24) is 20.2 Å². The van der Waals surface area contributed by atoms with E-state index in [2.05, 4.69) is 32.3 Å². The normalized spacial score (nSPS) is 18.2. The molecule has 0 saturated carbocycles. The summed E-state index contributed by atoms with van der Waals surface area (Å²) >= 11 is 0. The smallest absolute Gasteiger partial charge is 0.179 e. The Labute approximate surface area is 188 Å². The first-order valence-electron chi connectivity index (χ1n) is 11.4. The number of pyridine rings is 2. The van der Waals surface area contributed by atoms with Crippen LogP contribution in [0.2, 0.25) is 0 Å². The Morgan fingerprint density at radius 1 is 1.12 bits per heavy atom. The second-order valence-corrected chi connectivity index (χ2v) is 8.51. The largest absolute Gasteiger partial charge is 0.497 e. The van der Waals surface area contributed by atoms with Crippen LogP contribution in [0.5, 0.6) is 17.2 Å². The molecule has 4 heterocycles. The molecule has 1 aromatic carbocycles. The number of rotatable bonds is 8. The number of methoxy groups -OCH3 is 1. The molecule has 3 aromatic rings. The number of ether oxygens (including phenoxy) is 3. The molecule has 0 bridgehead atoms. The zero-order valence-electron chi connectivity index (χ0n) is 18.5. The maximum Gasteiger partial charge on any atom is 0.179 e. The predicted octanol–water partition coefficient (Wildman–Crippen LogP) is 3.06. The number of nitrogens with one attached hydrogen (secondary N) is 1. The molecule has 0 radical (unpaired) electrons. The third kappa shape index (κ3) is 4.79. The molecule has 7 heteroatoms. The summed E-state index contributed by atoms with van der Waals surface area (Å²) in [7, 11) is 1.71. The van der Waals surface area contributed by atoms with Gasteiger partial charge >= 0.3 is 0 Å². The Hall–Kier alpha value is -2.90. The van der Waals surface area contributed by atoms with Crippen LogP contribution in [-0.4, -0.2) is 61.4 Å². The number of fused-ring (bicyclic) bond motifs is 2. The van der Waals surface area contributed by atoms with Crippen LogP contribution in [0.15, 0.2) is 42.7 Å². The number of hydrogen-bond donors (Lipinski definition) is 1. The van der Waals surface area contributed by atoms with Gasteiger partial charge in [-0.2, -0.15) is 0 Å². The van der Waals surface area contributed by atoms with Gasteiger partial charge in [-0.3, -0.25) is 9.97 Å². The van der Waals surface area contributed by atoms with Gasteiger partial charge in [-0.25, -0.2) is 0 Å². The first kappa shape index (κ1) is 21.0. The SMILES string of the molecule is COc1ccc2nccc(CCN3CC[C@@H](CNCc4cc5c(cn4)OCCO5)C3)c2c1. The minimum Gasteiger partial charge on any atom is -0.497 e. The van der Waals surface area contributed by atoms with E-state index >= 15 is 0 Å². The third-order valence-electron chi connectivity index (χ3n) is 6.33. The summed E-state index contributed by atoms with van der Waals surface area (Å²) in [6, 6.07) is 10.2. The average molecular weight is 435 g/mol. The fraction of sp³-hybridized carbons (Fsp3) is 0.440. The summed E-state index contributed by atoms with van der Waals surface area (Å²) in [4.78, 5) is 11.5. The number of nitrogens with zero attached hydrogens (tertiary/aromatic N) is 3. The number of likely N-dealkylation sites (tertiary alicyclic amines) is 1. The number of aromatic nitrogens is 2. The van der Waals surface area contributed by atoms with Crippen molar-refractivity contribution in [3.8, 4) is 17.2 Å². The minimum atomic E-state index is 0.593. The number of benzene rings is 1. The van der Waals surface area contributed by atoms with Crippen molar-refractivity contribution in [1.29, 1.82) is 0 Å². The molecular formula is C25H30N4O3. The monoisotopic (exact) mass is 434 g/mol. The quantitative estimate of drug-likeness (QED) is 0.584. The van der Waals surface area contributed by atoms with Gasteiger partial charge in [-0.05, 0) is 61.7 Å². The lowest BCUT2D eigenvalue weighted by Gasteiger charge is -2.19. The predicted molar refractivity (Wildman–Crippen MR) is 123 cm³/mol. The molecule has 5 rings (SSSR count). The van der Waals surface area contributed by atoms with Crippen molar-refractivity contribution >= 4 is 10.9 Å². The van der Waals surface area contributed by atoms with E-state index in [0.717, 1.165) is 67.6 Å². The molecule has 0 unspecified atom stereocenters. The summed E-state index contributed by atoms with van der Waals surface area (Å²) in [5.74, 6) is 3.09. The van der Waals surface area contributed by atoms with Crippen LogP contribution in [0.1, 0.15) is 17.7 Å². The van der Waals surface area contributed by atoms with E-state index in [9.17, 15) is 0 Å². The lowest BCUT2D eigenvalue weighted by atomic mass is 10.1. The Balaban J connectivity index is 1.10. The summed E-state index contributed by atoms with van der Waals surface area (Å²) in [6.07, 6.45) is 5.92. The second-order valence-electron chi connectivity index (χ2n) is 8.51. The van der Waals surface area contributed by atoms with Gasteiger partial charge < -0.3 is 24.4 Å². The Morgan fingerprint density at radius 3 is 2.94 bits per heavy atom. The molecule has 1 saturated heterocycles. The molecule has 0 amide bonds. The molecule has 2 aliphatic heterocycles. The zero-order chi connectivity index (χ0) is 21.8. The molecular weight excluding hydrogens is 404 g/mol. The van der Waals surface area contributed by atoms with Crippen LogP contribution in [-0.2, 0) is 13.0 Å². The van der Waals surface area contributed by atoms with Crippen molar-refractivity contribution < 1.29 is 14.2 Å². The standard InChI is InChI=1S/C25H30N4O3/c1-30-21-2-3-23-22(13-21)19(4-7-27-23)6-9-29-8-5-18(17-29)14-26-15-20-12-24-25(16-28-20)32-11-10-31-24/h2-4,7,12-13,16,18,26H,5-6,8-11,14-15,17H2,1H3/t18-/m0/s1. The molecule has 7 nitrogen and oxygen atoms in total. The fourth-order valence-electron chi connectivity index (χ4n) is 4.58. The Kier molecular flexibility index (Phi) is 6.36. The van der Waals surface area contributed by atoms with Crippen LogP contribution in [0.3, 0.4) is 0 Å². The van der Waals surface area contributed by atoms with Gasteiger partial charge in [-0.1, -0.05) is 0 Å². The highest BCUT2D eigenvalue weighted by Gasteiger charge is 2.22. The average Bonchev–Trinajstić information content (AvgIpc) is 3.30. The van der Waals surface area contributed by atoms with E-state index < -0.39 is 0 Å². The van der Waals surface area contributed by atoms with Gasteiger partial charge in [0.25, 0.3) is 0 Å². The minimum absolute atomic E-state index is 0.593. The molecule has 1 atom stereocenters. The van der Waals surface area contributed by atoms with E-state index in [1.54, 1.807) is 13.3 Å². The van der Waals surface area contributed by atoms with Crippen LogP contribution in [0.25, 0.3) is 10.9 Å². The van der Waals surface area contributed by atoms with Gasteiger partial charge in [-0.15, -0.1) is 0 Å². The molecule has 32 heavy (non-hydrogen) atoms. The van der Waals surface area contributed by atoms with E-state index in [1.165, 1.54) is 17.4 Å². The van der Waals surface area contributed by atoms with Crippen LogP contribution < -0.4 is 19.5 Å². The molecule has 168 valence electrons. The van der Waals surface area contributed by atoms with Crippen LogP contribution >= 0.6 is 0 Å². The molecule has 1 N–H and O–H groups in total. The first-order valence-corrected chi connectivity index (χ1v) is 11.4. The van der Waals surface area contributed by atoms with Crippen molar-refractivity contribution in [2.45, 2.75) is 19.4 Å². The summed E-state index contributed by atoms with van der Waals surface area (Å²) in [5.41, 5.74) is 3.35. The lowest BCUT2D eigenvalue weighted by molar-refractivity contribution is 0.170. The second kappa shape index (κ2) is 9.71. The van der Waals surface area contributed by atoms with Gasteiger partial charge in [0.05, 0.1) is 24.5 Å². The van der Waals surface area contributed by atoms with Gasteiger partial charge in [0, 0.05) is 37.3 Å². The van der Waals surface area contributed by atoms with Gasteiger partial charge in [0.2, 0.25) is 0 Å². The maximum atomic E-state index is 5.65. The zero-order valence-corrected chi connectivity index (χ0v) is 18.5. The van der Waals surface area contributed by atoms with Crippen molar-refractivity contribution in [3.63, 3.8) is 0 Å². The first-order chi connectivity index (χ1) is 15.8. The van der Waals surface area contributed by atoms with Gasteiger partial charge in [0.1, 0.15) is 19.0 Å². The molecule has 2 aromatic heterocycles. The van der Waals surface area contributed by atoms with Gasteiger partial charge in [0.15, 0.2) is 11.5 Å².